The molecule has 4 aliphatic rings. The number of benzene rings is 1. The van der Waals surface area contributed by atoms with Crippen LogP contribution >= 0.6 is 0 Å². The van der Waals surface area contributed by atoms with Crippen molar-refractivity contribution in [1.82, 2.24) is 0 Å². The van der Waals surface area contributed by atoms with Crippen LogP contribution in [0, 0.1) is 16.7 Å². The van der Waals surface area contributed by atoms with Gasteiger partial charge in [0.15, 0.2) is 5.60 Å². The lowest BCUT2D eigenvalue weighted by Gasteiger charge is -2.68. The monoisotopic (exact) mass is 614 g/mol. The average Bonchev–Trinajstić information content (AvgIpc) is 2.91. The summed E-state index contributed by atoms with van der Waals surface area (Å²) < 4.78 is 30.0. The number of hydrogen-bond acceptors (Lipinski definition) is 11. The number of aliphatic hydroxyl groups is 2. The van der Waals surface area contributed by atoms with Gasteiger partial charge in [0, 0.05) is 44.4 Å². The molecule has 1 heterocycles. The van der Waals surface area contributed by atoms with Crippen LogP contribution in [0.15, 0.2) is 41.5 Å². The van der Waals surface area contributed by atoms with E-state index in [1.165, 1.54) is 20.8 Å². The first-order chi connectivity index (χ1) is 20.5. The molecule has 0 radical (unpaired) electrons. The maximum atomic E-state index is 13.9. The van der Waals surface area contributed by atoms with Gasteiger partial charge < -0.3 is 33.9 Å². The molecule has 1 saturated heterocycles. The Kier molecular flexibility index (Phi) is 8.00. The van der Waals surface area contributed by atoms with Crippen molar-refractivity contribution < 1.29 is 53.1 Å². The number of hydrogen-bond donors (Lipinski definition) is 2. The second-order valence-electron chi connectivity index (χ2n) is 13.5. The lowest BCUT2D eigenvalue weighted by Crippen LogP contribution is -2.80. The van der Waals surface area contributed by atoms with Gasteiger partial charge in [-0.1, -0.05) is 39.0 Å². The van der Waals surface area contributed by atoms with Crippen molar-refractivity contribution in [3.8, 4) is 0 Å². The van der Waals surface area contributed by atoms with Crippen molar-refractivity contribution in [3.63, 3.8) is 0 Å². The van der Waals surface area contributed by atoms with E-state index < -0.39 is 82.3 Å². The maximum Gasteiger partial charge on any atom is 0.338 e. The summed E-state index contributed by atoms with van der Waals surface area (Å²) in [6.45, 7) is 10.8. The highest BCUT2D eigenvalue weighted by Crippen LogP contribution is 2.65. The molecule has 11 nitrogen and oxygen atoms in total. The van der Waals surface area contributed by atoms with E-state index in [0.717, 1.165) is 0 Å². The molecule has 44 heavy (non-hydrogen) atoms. The van der Waals surface area contributed by atoms with E-state index in [9.17, 15) is 29.4 Å². The largest absolute Gasteiger partial charge is 0.458 e. The Balaban J connectivity index is 1.82. The number of aliphatic hydroxyl groups excluding tert-OH is 1. The SMILES string of the molecule is CC(=O)O[C@H]1C[C@@]2(O)[C@@H](OC(=O)c3ccccc3)[C@H]3[C@](C)(C[C@H](OC(C)=O)C(=C1C)C2(C)C)[C@@H](O)C[C@H]1OC[C@]13OC(C)=O. The highest BCUT2D eigenvalue weighted by molar-refractivity contribution is 5.89. The maximum absolute atomic E-state index is 13.9. The third-order valence-electron chi connectivity index (χ3n) is 10.6. The van der Waals surface area contributed by atoms with Crippen LogP contribution in [-0.4, -0.2) is 82.4 Å². The molecule has 3 aliphatic carbocycles. The van der Waals surface area contributed by atoms with Crippen LogP contribution in [0.5, 0.6) is 0 Å². The van der Waals surface area contributed by atoms with Gasteiger partial charge in [0.05, 0.1) is 24.2 Å². The highest BCUT2D eigenvalue weighted by atomic mass is 16.6. The molecular formula is C33H42O11. The molecule has 11 heteroatoms. The molecule has 2 N–H and O–H groups in total. The zero-order chi connectivity index (χ0) is 32.4. The number of carbonyl (C=O) groups excluding carboxylic acids is 4. The molecule has 9 atom stereocenters. The molecule has 5 rings (SSSR count). The summed E-state index contributed by atoms with van der Waals surface area (Å²) in [5, 5.41) is 25.0. The molecule has 1 aromatic rings. The number of carbonyl (C=O) groups is 4. The van der Waals surface area contributed by atoms with Gasteiger partial charge in [-0.3, -0.25) is 14.4 Å². The zero-order valence-corrected chi connectivity index (χ0v) is 26.2. The van der Waals surface area contributed by atoms with Gasteiger partial charge in [0.1, 0.15) is 30.0 Å². The molecule has 0 amide bonds. The average molecular weight is 615 g/mol. The van der Waals surface area contributed by atoms with Gasteiger partial charge >= 0.3 is 23.9 Å². The van der Waals surface area contributed by atoms with Crippen LogP contribution in [0.3, 0.4) is 0 Å². The lowest BCUT2D eigenvalue weighted by atomic mass is 9.45. The second kappa shape index (κ2) is 11.0. The van der Waals surface area contributed by atoms with E-state index in [0.29, 0.717) is 11.1 Å². The second-order valence-corrected chi connectivity index (χ2v) is 13.5. The van der Waals surface area contributed by atoms with E-state index in [4.69, 9.17) is 23.7 Å². The van der Waals surface area contributed by atoms with Crippen LogP contribution in [0.4, 0.5) is 0 Å². The van der Waals surface area contributed by atoms with Crippen molar-refractivity contribution in [2.24, 2.45) is 16.7 Å². The Bertz CT molecular complexity index is 1380. The summed E-state index contributed by atoms with van der Waals surface area (Å²) in [6, 6.07) is 8.29. The number of rotatable bonds is 5. The minimum atomic E-state index is -1.98. The topological polar surface area (TPSA) is 155 Å². The number of esters is 4. The Morgan fingerprint density at radius 3 is 2.05 bits per heavy atom. The Morgan fingerprint density at radius 1 is 0.886 bits per heavy atom. The standard InChI is InChI=1S/C33H42O11/c1-17-22(41-18(2)34)15-33(39)28(43-29(38)21-11-9-8-10-12-21)27-31(7,14-23(42-19(3)35)26(17)30(33,5)6)24(37)13-25-32(27,16-40-25)44-20(4)36/h8-12,22-25,27-28,37,39H,13-16H2,1-7H3/t22-,23-,24-,25+,27-,28-,31+,32-,33+/m0/s1. The minimum Gasteiger partial charge on any atom is -0.458 e. The lowest BCUT2D eigenvalue weighted by molar-refractivity contribution is -0.354. The van der Waals surface area contributed by atoms with Crippen molar-refractivity contribution >= 4 is 23.9 Å². The third kappa shape index (κ3) is 4.84. The van der Waals surface area contributed by atoms with Crippen LogP contribution < -0.4 is 0 Å². The normalized spacial score (nSPS) is 38.8. The van der Waals surface area contributed by atoms with Gasteiger partial charge in [-0.25, -0.2) is 4.79 Å². The van der Waals surface area contributed by atoms with Crippen molar-refractivity contribution in [2.75, 3.05) is 6.61 Å². The first-order valence-corrected chi connectivity index (χ1v) is 15.0. The molecular weight excluding hydrogens is 572 g/mol. The molecule has 1 aromatic carbocycles. The third-order valence-corrected chi connectivity index (χ3v) is 10.6. The first kappa shape index (κ1) is 32.1. The van der Waals surface area contributed by atoms with Gasteiger partial charge in [-0.2, -0.15) is 0 Å². The Hall–Kier alpha value is -3.28. The summed E-state index contributed by atoms with van der Waals surface area (Å²) in [7, 11) is 0. The van der Waals surface area contributed by atoms with Gasteiger partial charge in [-0.15, -0.1) is 0 Å². The van der Waals surface area contributed by atoms with Gasteiger partial charge in [0.25, 0.3) is 0 Å². The molecule has 1 aliphatic heterocycles. The number of ether oxygens (including phenoxy) is 5. The summed E-state index contributed by atoms with van der Waals surface area (Å²) in [5.41, 5.74) is -4.51. The fraction of sp³-hybridized carbons (Fsp3) is 0.636. The molecule has 2 saturated carbocycles. The fourth-order valence-corrected chi connectivity index (χ4v) is 8.50. The smallest absolute Gasteiger partial charge is 0.338 e. The van der Waals surface area contributed by atoms with Gasteiger partial charge in [0.2, 0.25) is 0 Å². The molecule has 0 spiro atoms. The summed E-state index contributed by atoms with van der Waals surface area (Å²) in [4.78, 5) is 51.4. The van der Waals surface area contributed by atoms with Crippen molar-refractivity contribution in [2.45, 2.75) is 109 Å². The van der Waals surface area contributed by atoms with Crippen molar-refractivity contribution in [1.29, 1.82) is 0 Å². The van der Waals surface area contributed by atoms with Crippen molar-refractivity contribution in [3.05, 3.63) is 47.0 Å². The van der Waals surface area contributed by atoms with E-state index in [1.54, 1.807) is 58.0 Å². The molecule has 0 aromatic heterocycles. The molecule has 3 fully saturated rings. The first-order valence-electron chi connectivity index (χ1n) is 15.0. The summed E-state index contributed by atoms with van der Waals surface area (Å²) in [6.07, 6.45) is -5.21. The van der Waals surface area contributed by atoms with E-state index >= 15 is 0 Å². The molecule has 0 unspecified atom stereocenters. The summed E-state index contributed by atoms with van der Waals surface area (Å²) in [5.74, 6) is -3.54. The van der Waals surface area contributed by atoms with Crippen LogP contribution in [0.2, 0.25) is 0 Å². The minimum absolute atomic E-state index is 0.0342. The van der Waals surface area contributed by atoms with Crippen LogP contribution in [0.1, 0.15) is 78.1 Å². The van der Waals surface area contributed by atoms with E-state index in [2.05, 4.69) is 0 Å². The molecule has 240 valence electrons. The predicted octanol–water partition coefficient (Wildman–Crippen LogP) is 3.04. The number of fused-ring (bicyclic) bond motifs is 5. The van der Waals surface area contributed by atoms with Crippen LogP contribution in [0.25, 0.3) is 0 Å². The summed E-state index contributed by atoms with van der Waals surface area (Å²) >= 11 is 0. The predicted molar refractivity (Wildman–Crippen MR) is 154 cm³/mol. The van der Waals surface area contributed by atoms with E-state index in [1.807, 2.05) is 0 Å². The fourth-order valence-electron chi connectivity index (χ4n) is 8.50. The molecule has 2 bridgehead atoms. The zero-order valence-electron chi connectivity index (χ0n) is 26.2. The Morgan fingerprint density at radius 2 is 1.50 bits per heavy atom. The Labute approximate surface area is 256 Å². The van der Waals surface area contributed by atoms with Gasteiger partial charge in [-0.05, 0) is 36.6 Å². The van der Waals surface area contributed by atoms with Crippen LogP contribution in [-0.2, 0) is 38.1 Å². The quantitative estimate of drug-likeness (QED) is 0.286. The highest BCUT2D eigenvalue weighted by Gasteiger charge is 2.76. The van der Waals surface area contributed by atoms with E-state index in [-0.39, 0.29) is 31.4 Å².